The van der Waals surface area contributed by atoms with Crippen LogP contribution < -0.4 is 0 Å². The zero-order chi connectivity index (χ0) is 38.4. The molecule has 300 valence electrons. The first-order valence-corrected chi connectivity index (χ1v) is 20.8. The average molecular weight is 751 g/mol. The molecule has 0 spiro atoms. The predicted molar refractivity (Wildman–Crippen MR) is 209 cm³/mol. The van der Waals surface area contributed by atoms with Crippen LogP contribution in [0.4, 0.5) is 0 Å². The molecular formula is C45H66O9. The number of hydrogen-bond donors (Lipinski definition) is 2. The maximum Gasteiger partial charge on any atom is 0.192 e. The van der Waals surface area contributed by atoms with Gasteiger partial charge in [-0.2, -0.15) is 0 Å². The fourth-order valence-electron chi connectivity index (χ4n) is 12.0. The highest BCUT2D eigenvalue weighted by Gasteiger charge is 2.68. The predicted octanol–water partition coefficient (Wildman–Crippen LogP) is 7.69. The van der Waals surface area contributed by atoms with E-state index in [-0.39, 0.29) is 35.7 Å². The maximum absolute atomic E-state index is 12.3. The molecule has 2 aromatic rings. The van der Waals surface area contributed by atoms with Crippen molar-refractivity contribution in [1.29, 1.82) is 0 Å². The molecule has 1 saturated heterocycles. The first kappa shape index (κ1) is 40.3. The zero-order valence-electron chi connectivity index (χ0n) is 33.8. The summed E-state index contributed by atoms with van der Waals surface area (Å²) in [5.74, 6) is 1.40. The Bertz CT molecular complexity index is 1630. The third kappa shape index (κ3) is 6.51. The number of aliphatic hydroxyl groups is 2. The Hall–Kier alpha value is -1.92. The van der Waals surface area contributed by atoms with Crippen LogP contribution in [0.5, 0.6) is 0 Å². The number of fused-ring (bicyclic) bond motifs is 6. The molecule has 1 aliphatic heterocycles. The van der Waals surface area contributed by atoms with Crippen LogP contribution in [-0.2, 0) is 33.2 Å². The molecule has 4 fully saturated rings. The minimum Gasteiger partial charge on any atom is -0.382 e. The summed E-state index contributed by atoms with van der Waals surface area (Å²) < 4.78 is 43.6. The highest BCUT2D eigenvalue weighted by molar-refractivity contribution is 5.87. The van der Waals surface area contributed by atoms with Crippen LogP contribution in [0.25, 0.3) is 16.3 Å². The third-order valence-electron chi connectivity index (χ3n) is 15.0. The van der Waals surface area contributed by atoms with Gasteiger partial charge in [-0.3, -0.25) is 0 Å². The Morgan fingerprint density at radius 1 is 0.815 bits per heavy atom. The van der Waals surface area contributed by atoms with E-state index in [1.165, 1.54) is 29.0 Å². The van der Waals surface area contributed by atoms with Gasteiger partial charge < -0.3 is 43.4 Å². The Labute approximate surface area is 323 Å². The number of benzene rings is 2. The molecule has 0 unspecified atom stereocenters. The van der Waals surface area contributed by atoms with Gasteiger partial charge in [-0.1, -0.05) is 56.3 Å². The molecule has 9 nitrogen and oxygen atoms in total. The van der Waals surface area contributed by atoms with E-state index in [1.807, 2.05) is 20.8 Å². The minimum absolute atomic E-state index is 0.0369. The normalized spacial score (nSPS) is 41.9. The van der Waals surface area contributed by atoms with Crippen molar-refractivity contribution in [2.24, 2.45) is 28.6 Å². The quantitative estimate of drug-likeness (QED) is 0.114. The largest absolute Gasteiger partial charge is 0.382 e. The zero-order valence-corrected chi connectivity index (χ0v) is 33.8. The van der Waals surface area contributed by atoms with Gasteiger partial charge in [0.25, 0.3) is 0 Å². The van der Waals surface area contributed by atoms with Crippen LogP contribution in [0.2, 0.25) is 0 Å². The number of ether oxygens (including phenoxy) is 7. The fourth-order valence-corrected chi connectivity index (χ4v) is 12.0. The second-order valence-electron chi connectivity index (χ2n) is 17.4. The van der Waals surface area contributed by atoms with Gasteiger partial charge in [-0.25, -0.2) is 0 Å². The molecule has 7 rings (SSSR count). The van der Waals surface area contributed by atoms with Crippen LogP contribution in [0.3, 0.4) is 0 Å². The van der Waals surface area contributed by atoms with E-state index < -0.39 is 29.7 Å². The molecule has 12 atom stereocenters. The maximum atomic E-state index is 12.3. The summed E-state index contributed by atoms with van der Waals surface area (Å²) in [6, 6.07) is 15.6. The lowest BCUT2D eigenvalue weighted by atomic mass is 9.43. The smallest absolute Gasteiger partial charge is 0.192 e. The summed E-state index contributed by atoms with van der Waals surface area (Å²) in [5.41, 5.74) is -0.910. The van der Waals surface area contributed by atoms with Crippen LogP contribution in [-0.4, -0.2) is 98.6 Å². The van der Waals surface area contributed by atoms with Crippen LogP contribution in [0, 0.1) is 28.6 Å². The lowest BCUT2D eigenvalue weighted by molar-refractivity contribution is -0.386. The molecule has 9 heteroatoms. The van der Waals surface area contributed by atoms with E-state index in [1.54, 1.807) is 6.92 Å². The van der Waals surface area contributed by atoms with Crippen molar-refractivity contribution >= 4 is 16.3 Å². The van der Waals surface area contributed by atoms with E-state index >= 15 is 0 Å². The van der Waals surface area contributed by atoms with Crippen LogP contribution in [0.1, 0.15) is 98.5 Å². The number of methoxy groups -OCH3 is 1. The Morgan fingerprint density at radius 2 is 1.54 bits per heavy atom. The van der Waals surface area contributed by atoms with Gasteiger partial charge in [0.15, 0.2) is 11.9 Å². The third-order valence-corrected chi connectivity index (χ3v) is 15.0. The molecule has 3 saturated carbocycles. The molecule has 5 aliphatic rings. The van der Waals surface area contributed by atoms with E-state index in [4.69, 9.17) is 33.2 Å². The number of hydrogen-bond acceptors (Lipinski definition) is 9. The van der Waals surface area contributed by atoms with Crippen molar-refractivity contribution in [3.63, 3.8) is 0 Å². The van der Waals surface area contributed by atoms with E-state index in [2.05, 4.69) is 62.4 Å². The average Bonchev–Trinajstić information content (AvgIpc) is 3.48. The van der Waals surface area contributed by atoms with Gasteiger partial charge in [-0.15, -0.1) is 0 Å². The number of rotatable bonds is 14. The second kappa shape index (κ2) is 15.8. The monoisotopic (exact) mass is 750 g/mol. The standard InChI is InChI=1S/C45H66O9/c1-8-49-27-43(46)30(4)53-40(44(47,28-50-9-2)39(43)48-7)54-35-19-22-41(5)34(26-35)17-18-38-37(41)20-23-42(6)36(21-24-45(38,42)52-29-51-10-3)33-16-15-31-13-11-12-14-32(31)25-33/h11-16,21,25,30,34-35,37-40,46-47H,8-10,17-20,22-24,26-29H2,1-7H3/t30-,34+,35-,37-,38+,39+,40-,41-,42+,43-,44-,45-/m0/s1. The molecule has 2 aromatic carbocycles. The molecule has 2 N–H and O–H groups in total. The summed E-state index contributed by atoms with van der Waals surface area (Å²) >= 11 is 0. The highest BCUT2D eigenvalue weighted by atomic mass is 16.7. The molecule has 0 bridgehead atoms. The first-order valence-electron chi connectivity index (χ1n) is 20.8. The van der Waals surface area contributed by atoms with Gasteiger partial charge in [0, 0.05) is 32.3 Å². The Morgan fingerprint density at radius 3 is 2.26 bits per heavy atom. The molecule has 4 aliphatic carbocycles. The van der Waals surface area contributed by atoms with Gasteiger partial charge in [0.1, 0.15) is 18.5 Å². The van der Waals surface area contributed by atoms with Gasteiger partial charge in [0.05, 0.1) is 31.0 Å². The molecule has 1 heterocycles. The Balaban J connectivity index is 1.11. The van der Waals surface area contributed by atoms with Gasteiger partial charge in [0.2, 0.25) is 0 Å². The van der Waals surface area contributed by atoms with Crippen molar-refractivity contribution in [3.05, 3.63) is 54.1 Å². The van der Waals surface area contributed by atoms with Crippen molar-refractivity contribution in [2.45, 2.75) is 134 Å². The van der Waals surface area contributed by atoms with E-state index in [0.29, 0.717) is 44.4 Å². The van der Waals surface area contributed by atoms with E-state index in [9.17, 15) is 10.2 Å². The molecule has 54 heavy (non-hydrogen) atoms. The molecule has 0 radical (unpaired) electrons. The summed E-state index contributed by atoms with van der Waals surface area (Å²) in [5, 5.41) is 26.6. The van der Waals surface area contributed by atoms with Crippen molar-refractivity contribution in [3.8, 4) is 0 Å². The lowest BCUT2D eigenvalue weighted by Crippen LogP contribution is -2.75. The van der Waals surface area contributed by atoms with Crippen molar-refractivity contribution in [1.82, 2.24) is 0 Å². The van der Waals surface area contributed by atoms with Gasteiger partial charge >= 0.3 is 0 Å². The topological polar surface area (TPSA) is 105 Å². The van der Waals surface area contributed by atoms with Crippen LogP contribution in [0.15, 0.2) is 48.5 Å². The van der Waals surface area contributed by atoms with E-state index in [0.717, 1.165) is 51.4 Å². The fraction of sp³-hybridized carbons (Fsp3) is 0.733. The highest BCUT2D eigenvalue weighted by Crippen LogP contribution is 2.70. The SMILES string of the molecule is CCOCO[C@]12CC=C(c3ccc4ccccc4c3)[C@@]1(C)CC[C@H]1[C@H]2CC[C@@H]2C[C@@H](O[C@@H]3O[C@@H](C)[C@@](O)(COCC)[C@@H](OC)[C@@]3(O)COCC)CC[C@@]21C. The summed E-state index contributed by atoms with van der Waals surface area (Å²) in [4.78, 5) is 0. The minimum atomic E-state index is -1.74. The first-order chi connectivity index (χ1) is 25.9. The molecule has 0 amide bonds. The Kier molecular flexibility index (Phi) is 11.8. The second-order valence-corrected chi connectivity index (χ2v) is 17.4. The van der Waals surface area contributed by atoms with Crippen molar-refractivity contribution < 1.29 is 43.4 Å². The summed E-state index contributed by atoms with van der Waals surface area (Å²) in [6.07, 6.45) is 7.74. The van der Waals surface area contributed by atoms with Gasteiger partial charge in [-0.05, 0) is 130 Å². The molecular weight excluding hydrogens is 684 g/mol. The molecule has 0 aromatic heterocycles. The summed E-state index contributed by atoms with van der Waals surface area (Å²) in [7, 11) is 1.50. The van der Waals surface area contributed by atoms with Crippen molar-refractivity contribution in [2.75, 3.05) is 46.9 Å². The van der Waals surface area contributed by atoms with Crippen LogP contribution >= 0.6 is 0 Å². The summed E-state index contributed by atoms with van der Waals surface area (Å²) in [6.45, 7) is 14.2. The lowest BCUT2D eigenvalue weighted by Gasteiger charge is -2.64.